The van der Waals surface area contributed by atoms with Crippen LogP contribution in [0.25, 0.3) is 0 Å². The van der Waals surface area contributed by atoms with Crippen LogP contribution in [0.5, 0.6) is 0 Å². The summed E-state index contributed by atoms with van der Waals surface area (Å²) in [6, 6.07) is 0. The van der Waals surface area contributed by atoms with Crippen LogP contribution in [0.2, 0.25) is 0 Å². The summed E-state index contributed by atoms with van der Waals surface area (Å²) in [5, 5.41) is 9.19. The molecule has 0 saturated carbocycles. The molecule has 0 aromatic carbocycles. The number of terminal acetylenes is 1. The Kier molecular flexibility index (Phi) is 2.95. The highest BCUT2D eigenvalue weighted by atomic mass is 16.5. The minimum absolute atomic E-state index is 0.381. The van der Waals surface area contributed by atoms with Crippen LogP contribution in [0.15, 0.2) is 27.9 Å². The number of aliphatic hydroxyl groups is 1. The molecule has 0 bridgehead atoms. The van der Waals surface area contributed by atoms with Crippen molar-refractivity contribution in [3.8, 4) is 12.3 Å². The van der Waals surface area contributed by atoms with E-state index in [1.165, 1.54) is 16.8 Å². The Morgan fingerprint density at radius 1 is 1.67 bits per heavy atom. The Bertz CT molecular complexity index is 649. The van der Waals surface area contributed by atoms with Gasteiger partial charge in [-0.15, -0.1) is 6.42 Å². The molecule has 0 spiro atoms. The first kappa shape index (κ1) is 12.4. The molecule has 18 heavy (non-hydrogen) atoms. The van der Waals surface area contributed by atoms with E-state index < -0.39 is 23.1 Å². The summed E-state index contributed by atoms with van der Waals surface area (Å²) in [4.78, 5) is 25.1. The maximum Gasteiger partial charge on any atom is 0.330 e. The first-order valence-corrected chi connectivity index (χ1v) is 5.29. The Morgan fingerprint density at radius 2 is 2.39 bits per heavy atom. The van der Waals surface area contributed by atoms with Crippen molar-refractivity contribution in [1.82, 2.24) is 9.55 Å². The molecule has 1 aliphatic rings. The van der Waals surface area contributed by atoms with Crippen LogP contribution in [0.4, 0.5) is 0 Å². The van der Waals surface area contributed by atoms with Crippen molar-refractivity contribution in [3.63, 3.8) is 0 Å². The summed E-state index contributed by atoms with van der Waals surface area (Å²) in [6.45, 7) is 1.20. The van der Waals surface area contributed by atoms with Crippen LogP contribution >= 0.6 is 0 Å². The van der Waals surface area contributed by atoms with E-state index in [4.69, 9.17) is 11.2 Å². The second-order valence-corrected chi connectivity index (χ2v) is 4.04. The average molecular weight is 248 g/mol. The molecule has 1 aromatic heterocycles. The smallest absolute Gasteiger partial charge is 0.330 e. The fourth-order valence-corrected chi connectivity index (χ4v) is 1.67. The van der Waals surface area contributed by atoms with Gasteiger partial charge in [0.25, 0.3) is 5.56 Å². The molecular formula is C12H12N2O4. The first-order valence-electron chi connectivity index (χ1n) is 5.29. The highest BCUT2D eigenvalue weighted by Gasteiger charge is 2.34. The van der Waals surface area contributed by atoms with Crippen LogP contribution in [0.3, 0.4) is 0 Å². The largest absolute Gasteiger partial charge is 0.392 e. The second-order valence-electron chi connectivity index (χ2n) is 4.04. The van der Waals surface area contributed by atoms with Crippen molar-refractivity contribution < 1.29 is 9.84 Å². The summed E-state index contributed by atoms with van der Waals surface area (Å²) >= 11 is 0. The van der Waals surface area contributed by atoms with Gasteiger partial charge in [0.2, 0.25) is 0 Å². The number of ether oxygens (including phenoxy) is 1. The average Bonchev–Trinajstić information content (AvgIpc) is 2.79. The van der Waals surface area contributed by atoms with E-state index in [-0.39, 0.29) is 6.61 Å². The van der Waals surface area contributed by atoms with Crippen molar-refractivity contribution >= 4 is 0 Å². The molecule has 6 nitrogen and oxygen atoms in total. The highest BCUT2D eigenvalue weighted by molar-refractivity contribution is 5.25. The molecular weight excluding hydrogens is 236 g/mol. The SMILES string of the molecule is C#CC1(CO)C=C[C@H](n2cc(C)c(=O)[nH]c2=O)O1. The Morgan fingerprint density at radius 3 is 2.94 bits per heavy atom. The van der Waals surface area contributed by atoms with Gasteiger partial charge in [0.1, 0.15) is 0 Å². The molecule has 94 valence electrons. The molecule has 0 aliphatic carbocycles. The third kappa shape index (κ3) is 1.90. The van der Waals surface area contributed by atoms with Crippen molar-refractivity contribution in [2.75, 3.05) is 6.61 Å². The van der Waals surface area contributed by atoms with Crippen LogP contribution in [0.1, 0.15) is 11.8 Å². The third-order valence-electron chi connectivity index (χ3n) is 2.76. The molecule has 2 atom stereocenters. The van der Waals surface area contributed by atoms with Crippen LogP contribution in [-0.4, -0.2) is 26.9 Å². The van der Waals surface area contributed by atoms with E-state index in [1.54, 1.807) is 13.0 Å². The lowest BCUT2D eigenvalue weighted by atomic mass is 10.1. The molecule has 1 aliphatic heterocycles. The minimum atomic E-state index is -1.21. The topological polar surface area (TPSA) is 84.3 Å². The van der Waals surface area contributed by atoms with E-state index >= 15 is 0 Å². The number of nitrogens with zero attached hydrogens (tertiary/aromatic N) is 1. The molecule has 0 fully saturated rings. The van der Waals surface area contributed by atoms with Crippen molar-refractivity contribution in [2.45, 2.75) is 18.8 Å². The zero-order chi connectivity index (χ0) is 13.3. The summed E-state index contributed by atoms with van der Waals surface area (Å²) in [7, 11) is 0. The van der Waals surface area contributed by atoms with E-state index in [0.29, 0.717) is 5.56 Å². The number of aromatic amines is 1. The maximum absolute atomic E-state index is 11.6. The lowest BCUT2D eigenvalue weighted by molar-refractivity contribution is -0.0503. The van der Waals surface area contributed by atoms with E-state index in [1.807, 2.05) is 0 Å². The van der Waals surface area contributed by atoms with Gasteiger partial charge in [0, 0.05) is 11.8 Å². The van der Waals surface area contributed by atoms with Gasteiger partial charge >= 0.3 is 5.69 Å². The second kappa shape index (κ2) is 4.29. The molecule has 6 heteroatoms. The number of aromatic nitrogens is 2. The van der Waals surface area contributed by atoms with E-state index in [9.17, 15) is 14.7 Å². The Balaban J connectivity index is 2.41. The minimum Gasteiger partial charge on any atom is -0.392 e. The van der Waals surface area contributed by atoms with Crippen LogP contribution in [-0.2, 0) is 4.74 Å². The molecule has 1 aromatic rings. The molecule has 2 rings (SSSR count). The molecule has 2 N–H and O–H groups in total. The van der Waals surface area contributed by atoms with Gasteiger partial charge in [-0.05, 0) is 19.1 Å². The number of hydrogen-bond donors (Lipinski definition) is 2. The summed E-state index contributed by atoms with van der Waals surface area (Å²) in [5.74, 6) is 2.33. The lowest BCUT2D eigenvalue weighted by Gasteiger charge is -2.21. The standard InChI is InChI=1S/C12H12N2O4/c1-3-12(7-15)5-4-9(18-12)14-6-8(2)10(16)13-11(14)17/h1,4-6,9,15H,7H2,2H3,(H,13,16,17)/t9-,12?/m1/s1. The number of aryl methyl sites for hydroxylation is 1. The fourth-order valence-electron chi connectivity index (χ4n) is 1.67. The number of hydrogen-bond acceptors (Lipinski definition) is 4. The zero-order valence-electron chi connectivity index (χ0n) is 9.71. The molecule has 1 unspecified atom stereocenters. The predicted octanol–water partition coefficient (Wildman–Crippen LogP) is -0.706. The predicted molar refractivity (Wildman–Crippen MR) is 64.0 cm³/mol. The van der Waals surface area contributed by atoms with Crippen molar-refractivity contribution in [3.05, 3.63) is 44.8 Å². The number of rotatable bonds is 2. The van der Waals surface area contributed by atoms with Gasteiger partial charge in [-0.25, -0.2) is 4.79 Å². The van der Waals surface area contributed by atoms with Crippen LogP contribution < -0.4 is 11.2 Å². The summed E-state index contributed by atoms with van der Waals surface area (Å²) in [6.07, 6.45) is 9.01. The van der Waals surface area contributed by atoms with Gasteiger partial charge in [-0.1, -0.05) is 5.92 Å². The highest BCUT2D eigenvalue weighted by Crippen LogP contribution is 2.27. The number of H-pyrrole nitrogens is 1. The van der Waals surface area contributed by atoms with Gasteiger partial charge in [0.05, 0.1) is 6.61 Å². The summed E-state index contributed by atoms with van der Waals surface area (Å²) < 4.78 is 6.66. The van der Waals surface area contributed by atoms with Gasteiger partial charge in [-0.3, -0.25) is 14.3 Å². The molecule has 0 amide bonds. The molecule has 2 heterocycles. The van der Waals surface area contributed by atoms with Gasteiger partial charge < -0.3 is 9.84 Å². The van der Waals surface area contributed by atoms with Gasteiger partial charge in [0.15, 0.2) is 11.8 Å². The monoisotopic (exact) mass is 248 g/mol. The van der Waals surface area contributed by atoms with Crippen molar-refractivity contribution in [2.24, 2.45) is 0 Å². The van der Waals surface area contributed by atoms with Crippen molar-refractivity contribution in [1.29, 1.82) is 0 Å². The van der Waals surface area contributed by atoms with E-state index in [2.05, 4.69) is 10.9 Å². The quantitative estimate of drug-likeness (QED) is 0.535. The van der Waals surface area contributed by atoms with Crippen LogP contribution in [0, 0.1) is 19.3 Å². The third-order valence-corrected chi connectivity index (χ3v) is 2.76. The zero-order valence-corrected chi connectivity index (χ0v) is 9.71. The maximum atomic E-state index is 11.6. The fraction of sp³-hybridized carbons (Fsp3) is 0.333. The first-order chi connectivity index (χ1) is 8.51. The molecule has 0 saturated heterocycles. The Hall–Kier alpha value is -2.10. The normalized spacial score (nSPS) is 26.2. The number of aliphatic hydroxyl groups excluding tert-OH is 1. The summed E-state index contributed by atoms with van der Waals surface area (Å²) in [5.41, 5.74) is -1.86. The van der Waals surface area contributed by atoms with Gasteiger partial charge in [-0.2, -0.15) is 0 Å². The lowest BCUT2D eigenvalue weighted by Crippen LogP contribution is -2.36. The Labute approximate surface area is 103 Å². The molecule has 0 radical (unpaired) electrons. The number of nitrogens with one attached hydrogen (secondary N) is 1. The van der Waals surface area contributed by atoms with E-state index in [0.717, 1.165) is 0 Å².